The van der Waals surface area contributed by atoms with E-state index in [0.29, 0.717) is 12.2 Å². The molecular formula is C24H26N2O3S2. The molecule has 1 heterocycles. The molecule has 0 N–H and O–H groups in total. The lowest BCUT2D eigenvalue weighted by atomic mass is 10.2. The van der Waals surface area contributed by atoms with E-state index in [2.05, 4.69) is 0 Å². The number of sulfonamides is 1. The van der Waals surface area contributed by atoms with E-state index in [1.165, 1.54) is 4.31 Å². The van der Waals surface area contributed by atoms with Crippen LogP contribution in [0.2, 0.25) is 0 Å². The Morgan fingerprint density at radius 3 is 2.32 bits per heavy atom. The van der Waals surface area contributed by atoms with Crippen molar-refractivity contribution in [3.05, 3.63) is 82.6 Å². The first kappa shape index (κ1) is 21.6. The fourth-order valence-electron chi connectivity index (χ4n) is 3.54. The highest BCUT2D eigenvalue weighted by Crippen LogP contribution is 2.30. The molecule has 1 saturated carbocycles. The molecule has 0 radical (unpaired) electrons. The van der Waals surface area contributed by atoms with E-state index in [1.807, 2.05) is 47.5 Å². The number of amides is 1. The third-order valence-corrected chi connectivity index (χ3v) is 8.10. The average molecular weight is 455 g/mol. The van der Waals surface area contributed by atoms with Crippen LogP contribution >= 0.6 is 11.3 Å². The first-order valence-corrected chi connectivity index (χ1v) is 12.7. The van der Waals surface area contributed by atoms with Crippen LogP contribution in [0.15, 0.2) is 77.0 Å². The summed E-state index contributed by atoms with van der Waals surface area (Å²) in [4.78, 5) is 16.4. The largest absolute Gasteiger partial charge is 0.335 e. The predicted molar refractivity (Wildman–Crippen MR) is 125 cm³/mol. The van der Waals surface area contributed by atoms with Gasteiger partial charge in [0.25, 0.3) is 10.0 Å². The summed E-state index contributed by atoms with van der Waals surface area (Å²) in [5.74, 6) is -0.00376. The van der Waals surface area contributed by atoms with Crippen molar-refractivity contribution in [2.24, 2.45) is 0 Å². The summed E-state index contributed by atoms with van der Waals surface area (Å²) in [5, 5.41) is 2.01. The lowest BCUT2D eigenvalue weighted by molar-refractivity contribution is -0.132. The van der Waals surface area contributed by atoms with Gasteiger partial charge in [0.15, 0.2) is 0 Å². The maximum absolute atomic E-state index is 13.4. The van der Waals surface area contributed by atoms with Gasteiger partial charge in [-0.2, -0.15) is 0 Å². The minimum Gasteiger partial charge on any atom is -0.335 e. The summed E-state index contributed by atoms with van der Waals surface area (Å²) < 4.78 is 28.2. The van der Waals surface area contributed by atoms with Gasteiger partial charge in [0.2, 0.25) is 5.91 Å². The summed E-state index contributed by atoms with van der Waals surface area (Å²) >= 11 is 1.64. The van der Waals surface area contributed by atoms with E-state index in [4.69, 9.17) is 0 Å². The van der Waals surface area contributed by atoms with Gasteiger partial charge in [-0.25, -0.2) is 8.42 Å². The Hall–Kier alpha value is -2.64. The van der Waals surface area contributed by atoms with Gasteiger partial charge < -0.3 is 4.90 Å². The number of thiophene rings is 1. The third-order valence-electron chi connectivity index (χ3n) is 5.40. The van der Waals surface area contributed by atoms with E-state index in [0.717, 1.165) is 23.3 Å². The molecular weight excluding hydrogens is 428 g/mol. The highest BCUT2D eigenvalue weighted by atomic mass is 32.2. The first-order valence-electron chi connectivity index (χ1n) is 10.4. The number of benzene rings is 2. The van der Waals surface area contributed by atoms with Crippen LogP contribution in [0.4, 0.5) is 5.69 Å². The smallest absolute Gasteiger partial charge is 0.264 e. The summed E-state index contributed by atoms with van der Waals surface area (Å²) in [6, 6.07) is 20.1. The molecule has 4 rings (SSSR count). The molecule has 0 spiro atoms. The fraction of sp³-hybridized carbons (Fsp3) is 0.292. The van der Waals surface area contributed by atoms with Crippen molar-refractivity contribution in [1.82, 2.24) is 4.90 Å². The number of hydrogen-bond acceptors (Lipinski definition) is 4. The molecule has 0 bridgehead atoms. The molecule has 0 unspecified atom stereocenters. The van der Waals surface area contributed by atoms with Gasteiger partial charge >= 0.3 is 0 Å². The molecule has 1 fully saturated rings. The van der Waals surface area contributed by atoms with Crippen LogP contribution < -0.4 is 4.31 Å². The maximum atomic E-state index is 13.4. The van der Waals surface area contributed by atoms with Gasteiger partial charge in [-0.1, -0.05) is 42.0 Å². The molecule has 0 atom stereocenters. The molecule has 7 heteroatoms. The number of hydrogen-bond donors (Lipinski definition) is 0. The second kappa shape index (κ2) is 9.24. The zero-order valence-electron chi connectivity index (χ0n) is 17.5. The number of anilines is 1. The van der Waals surface area contributed by atoms with Crippen molar-refractivity contribution >= 4 is 33.0 Å². The van der Waals surface area contributed by atoms with E-state index in [9.17, 15) is 13.2 Å². The molecule has 3 aromatic rings. The molecule has 5 nitrogen and oxygen atoms in total. The van der Waals surface area contributed by atoms with Crippen molar-refractivity contribution in [1.29, 1.82) is 0 Å². The summed E-state index contributed by atoms with van der Waals surface area (Å²) in [7, 11) is -3.78. The minimum atomic E-state index is -3.78. The number of carbonyl (C=O) groups excluding carboxylic acids is 1. The number of nitrogens with zero attached hydrogens (tertiary/aromatic N) is 2. The monoisotopic (exact) mass is 454 g/mol. The van der Waals surface area contributed by atoms with E-state index in [1.54, 1.807) is 47.7 Å². The lowest BCUT2D eigenvalue weighted by Crippen LogP contribution is -2.38. The normalized spacial score (nSPS) is 13.7. The SMILES string of the molecule is Cc1ccc(S(=O)(=O)N(CCC(=O)N(Cc2cccs2)C2CC2)c2ccccc2)cc1. The molecule has 1 amide bonds. The van der Waals surface area contributed by atoms with Gasteiger partial charge in [0.05, 0.1) is 17.1 Å². The van der Waals surface area contributed by atoms with E-state index < -0.39 is 10.0 Å². The number of rotatable bonds is 9. The van der Waals surface area contributed by atoms with E-state index >= 15 is 0 Å². The van der Waals surface area contributed by atoms with Crippen molar-refractivity contribution in [3.63, 3.8) is 0 Å². The quantitative estimate of drug-likeness (QED) is 0.465. The molecule has 31 heavy (non-hydrogen) atoms. The Labute approximate surface area is 188 Å². The fourth-order valence-corrected chi connectivity index (χ4v) is 5.71. The number of para-hydroxylation sites is 1. The molecule has 1 aliphatic rings. The number of aryl methyl sites for hydroxylation is 1. The molecule has 0 aliphatic heterocycles. The summed E-state index contributed by atoms with van der Waals surface area (Å²) in [6.45, 7) is 2.62. The van der Waals surface area contributed by atoms with Crippen molar-refractivity contribution < 1.29 is 13.2 Å². The highest BCUT2D eigenvalue weighted by Gasteiger charge is 2.33. The Balaban J connectivity index is 1.55. The Bertz CT molecular complexity index is 1110. The van der Waals surface area contributed by atoms with E-state index in [-0.39, 0.29) is 29.8 Å². The van der Waals surface area contributed by atoms with Crippen LogP contribution in [0.25, 0.3) is 0 Å². The van der Waals surface area contributed by atoms with Gasteiger partial charge in [-0.3, -0.25) is 9.10 Å². The highest BCUT2D eigenvalue weighted by molar-refractivity contribution is 7.92. The van der Waals surface area contributed by atoms with Crippen LogP contribution in [0.5, 0.6) is 0 Å². The molecule has 1 aliphatic carbocycles. The Morgan fingerprint density at radius 2 is 1.71 bits per heavy atom. The zero-order chi connectivity index (χ0) is 21.8. The Morgan fingerprint density at radius 1 is 1.00 bits per heavy atom. The molecule has 2 aromatic carbocycles. The lowest BCUT2D eigenvalue weighted by Gasteiger charge is -2.27. The first-order chi connectivity index (χ1) is 14.9. The second-order valence-electron chi connectivity index (χ2n) is 7.81. The van der Waals surface area contributed by atoms with Crippen molar-refractivity contribution in [2.75, 3.05) is 10.8 Å². The van der Waals surface area contributed by atoms with Crippen LogP contribution in [-0.4, -0.2) is 31.8 Å². The maximum Gasteiger partial charge on any atom is 0.264 e. The van der Waals surface area contributed by atoms with Crippen LogP contribution in [0.1, 0.15) is 29.7 Å². The van der Waals surface area contributed by atoms with Crippen LogP contribution in [-0.2, 0) is 21.4 Å². The topological polar surface area (TPSA) is 57.7 Å². The van der Waals surface area contributed by atoms with Crippen LogP contribution in [0.3, 0.4) is 0 Å². The van der Waals surface area contributed by atoms with Crippen molar-refractivity contribution in [3.8, 4) is 0 Å². The molecule has 1 aromatic heterocycles. The minimum absolute atomic E-state index is 0.00376. The van der Waals surface area contributed by atoms with Gasteiger partial charge in [0.1, 0.15) is 0 Å². The average Bonchev–Trinajstić information content (AvgIpc) is 3.48. The van der Waals surface area contributed by atoms with Crippen LogP contribution in [0, 0.1) is 6.92 Å². The summed E-state index contributed by atoms with van der Waals surface area (Å²) in [5.41, 5.74) is 1.56. The Kier molecular flexibility index (Phi) is 6.43. The molecule has 162 valence electrons. The third kappa shape index (κ3) is 5.17. The van der Waals surface area contributed by atoms with Gasteiger partial charge in [0, 0.05) is 23.9 Å². The number of carbonyl (C=O) groups is 1. The zero-order valence-corrected chi connectivity index (χ0v) is 19.1. The molecule has 0 saturated heterocycles. The second-order valence-corrected chi connectivity index (χ2v) is 10.7. The predicted octanol–water partition coefficient (Wildman–Crippen LogP) is 4.83. The standard InChI is InChI=1S/C24H26N2O3S2/c1-19-9-13-23(14-10-19)31(28,29)26(21-6-3-2-4-7-21)16-15-24(27)25(20-11-12-20)18-22-8-5-17-30-22/h2-10,13-14,17,20H,11-12,15-16,18H2,1H3. The summed E-state index contributed by atoms with van der Waals surface area (Å²) in [6.07, 6.45) is 2.17. The van der Waals surface area contributed by atoms with Gasteiger partial charge in [-0.15, -0.1) is 11.3 Å². The van der Waals surface area contributed by atoms with Gasteiger partial charge in [-0.05, 0) is 55.5 Å². The van der Waals surface area contributed by atoms with Crippen molar-refractivity contribution in [2.45, 2.75) is 43.7 Å².